The van der Waals surface area contributed by atoms with Crippen LogP contribution in [-0.2, 0) is 11.3 Å². The molecule has 0 atom stereocenters. The molecule has 0 unspecified atom stereocenters. The Morgan fingerprint density at radius 1 is 1.08 bits per heavy atom. The number of anilines is 1. The topological polar surface area (TPSA) is 41.6 Å². The summed E-state index contributed by atoms with van der Waals surface area (Å²) in [6.45, 7) is 6.24. The highest BCUT2D eigenvalue weighted by Gasteiger charge is 2.10. The molecule has 0 amide bonds. The second-order valence-electron chi connectivity index (χ2n) is 5.87. The molecule has 2 aromatic carbocycles. The lowest BCUT2D eigenvalue weighted by Gasteiger charge is -2.26. The van der Waals surface area contributed by atoms with E-state index >= 15 is 0 Å². The molecule has 5 heteroatoms. The number of benzene rings is 2. The molecule has 1 fully saturated rings. The molecule has 1 saturated heterocycles. The maximum Gasteiger partial charge on any atom is 0.159 e. The largest absolute Gasteiger partial charge is 0.379 e. The summed E-state index contributed by atoms with van der Waals surface area (Å²) in [5, 5.41) is 0. The van der Waals surface area contributed by atoms with Crippen molar-refractivity contribution in [1.29, 1.82) is 0 Å². The van der Waals surface area contributed by atoms with Gasteiger partial charge in [0.1, 0.15) is 0 Å². The summed E-state index contributed by atoms with van der Waals surface area (Å²) < 4.78 is 8.69. The Morgan fingerprint density at radius 3 is 2.38 bits per heavy atom. The van der Waals surface area contributed by atoms with Crippen molar-refractivity contribution in [3.63, 3.8) is 0 Å². The number of ketones is 1. The molecule has 0 radical (unpaired) electrons. The van der Waals surface area contributed by atoms with E-state index in [9.17, 15) is 4.79 Å². The Bertz CT molecular complexity index is 665. The Balaban J connectivity index is 1.51. The van der Waals surface area contributed by atoms with Crippen molar-refractivity contribution in [3.05, 3.63) is 59.7 Å². The predicted molar refractivity (Wildman–Crippen MR) is 98.5 cm³/mol. The zero-order valence-corrected chi connectivity index (χ0v) is 14.6. The lowest BCUT2D eigenvalue weighted by Crippen LogP contribution is -2.35. The van der Waals surface area contributed by atoms with Gasteiger partial charge in [-0.1, -0.05) is 12.1 Å². The van der Waals surface area contributed by atoms with Crippen LogP contribution in [0.2, 0.25) is 0 Å². The van der Waals surface area contributed by atoms with E-state index in [0.29, 0.717) is 0 Å². The number of hydrogen-bond donors (Lipinski definition) is 1. The highest BCUT2D eigenvalue weighted by molar-refractivity contribution is 8.00. The standard InChI is InChI=1S/C19H22N2O2S/c1-15(22)17-4-6-18(7-5-17)20-24-19-8-2-16(3-9-19)14-21-10-12-23-13-11-21/h2-9,20H,10-14H2,1H3. The van der Waals surface area contributed by atoms with Gasteiger partial charge in [-0.25, -0.2) is 0 Å². The lowest BCUT2D eigenvalue weighted by molar-refractivity contribution is 0.0342. The van der Waals surface area contributed by atoms with Gasteiger partial charge in [0.05, 0.1) is 13.2 Å². The van der Waals surface area contributed by atoms with E-state index in [1.165, 1.54) is 5.56 Å². The van der Waals surface area contributed by atoms with E-state index in [1.54, 1.807) is 18.9 Å². The fourth-order valence-electron chi connectivity index (χ4n) is 2.57. The van der Waals surface area contributed by atoms with Crippen molar-refractivity contribution < 1.29 is 9.53 Å². The van der Waals surface area contributed by atoms with Crippen molar-refractivity contribution in [2.45, 2.75) is 18.4 Å². The first-order chi connectivity index (χ1) is 11.7. The van der Waals surface area contributed by atoms with Gasteiger partial charge in [0.2, 0.25) is 0 Å². The van der Waals surface area contributed by atoms with Gasteiger partial charge in [-0.3, -0.25) is 9.69 Å². The second-order valence-corrected chi connectivity index (χ2v) is 6.75. The number of nitrogens with one attached hydrogen (secondary N) is 1. The molecule has 0 saturated carbocycles. The summed E-state index contributed by atoms with van der Waals surface area (Å²) in [5.74, 6) is 0.0880. The molecular formula is C19H22N2O2S. The Labute approximate surface area is 147 Å². The molecular weight excluding hydrogens is 320 g/mol. The van der Waals surface area contributed by atoms with Gasteiger partial charge in [-0.2, -0.15) is 0 Å². The van der Waals surface area contributed by atoms with Crippen molar-refractivity contribution in [1.82, 2.24) is 4.90 Å². The number of hydrogen-bond acceptors (Lipinski definition) is 5. The van der Waals surface area contributed by atoms with Crippen LogP contribution in [-0.4, -0.2) is 37.0 Å². The van der Waals surface area contributed by atoms with Crippen LogP contribution in [0.5, 0.6) is 0 Å². The quantitative estimate of drug-likeness (QED) is 0.638. The van der Waals surface area contributed by atoms with E-state index in [1.807, 2.05) is 24.3 Å². The van der Waals surface area contributed by atoms with Crippen LogP contribution < -0.4 is 4.72 Å². The van der Waals surface area contributed by atoms with Crippen LogP contribution in [0.15, 0.2) is 53.4 Å². The molecule has 1 aliphatic rings. The van der Waals surface area contributed by atoms with E-state index in [-0.39, 0.29) is 5.78 Å². The van der Waals surface area contributed by atoms with Gasteiger partial charge in [0, 0.05) is 35.8 Å². The Hall–Kier alpha value is -1.82. The third-order valence-corrected chi connectivity index (χ3v) is 4.86. The van der Waals surface area contributed by atoms with E-state index in [0.717, 1.165) is 49.0 Å². The number of morpholine rings is 1. The zero-order chi connectivity index (χ0) is 16.8. The van der Waals surface area contributed by atoms with Crippen LogP contribution in [0.4, 0.5) is 5.69 Å². The first-order valence-electron chi connectivity index (χ1n) is 8.13. The molecule has 2 aromatic rings. The van der Waals surface area contributed by atoms with E-state index in [2.05, 4.69) is 33.9 Å². The number of nitrogens with zero attached hydrogens (tertiary/aromatic N) is 1. The lowest BCUT2D eigenvalue weighted by atomic mass is 10.1. The number of rotatable bonds is 6. The van der Waals surface area contributed by atoms with Gasteiger partial charge >= 0.3 is 0 Å². The number of carbonyl (C=O) groups excluding carboxylic acids is 1. The fourth-order valence-corrected chi connectivity index (χ4v) is 3.22. The zero-order valence-electron chi connectivity index (χ0n) is 13.8. The Morgan fingerprint density at radius 2 is 1.75 bits per heavy atom. The van der Waals surface area contributed by atoms with Crippen LogP contribution in [0.3, 0.4) is 0 Å². The molecule has 0 aromatic heterocycles. The van der Waals surface area contributed by atoms with Crippen LogP contribution in [0.1, 0.15) is 22.8 Å². The van der Waals surface area contributed by atoms with Crippen molar-refractivity contribution >= 4 is 23.4 Å². The minimum Gasteiger partial charge on any atom is -0.379 e. The first-order valence-corrected chi connectivity index (χ1v) is 8.95. The molecule has 3 rings (SSSR count). The molecule has 1 heterocycles. The van der Waals surface area contributed by atoms with Crippen molar-refractivity contribution in [2.24, 2.45) is 0 Å². The van der Waals surface area contributed by atoms with E-state index < -0.39 is 0 Å². The third-order valence-electron chi connectivity index (χ3n) is 4.01. The van der Waals surface area contributed by atoms with Crippen LogP contribution >= 0.6 is 11.9 Å². The fraction of sp³-hybridized carbons (Fsp3) is 0.316. The maximum atomic E-state index is 11.3. The van der Waals surface area contributed by atoms with Gasteiger partial charge in [0.15, 0.2) is 5.78 Å². The molecule has 24 heavy (non-hydrogen) atoms. The summed E-state index contributed by atoms with van der Waals surface area (Å²) in [5.41, 5.74) is 3.05. The molecule has 0 aliphatic carbocycles. The van der Waals surface area contributed by atoms with Crippen molar-refractivity contribution in [2.75, 3.05) is 31.0 Å². The van der Waals surface area contributed by atoms with Crippen LogP contribution in [0.25, 0.3) is 0 Å². The molecule has 0 bridgehead atoms. The average Bonchev–Trinajstić information content (AvgIpc) is 2.62. The van der Waals surface area contributed by atoms with Crippen LogP contribution in [0, 0.1) is 0 Å². The number of carbonyl (C=O) groups is 1. The van der Waals surface area contributed by atoms with E-state index in [4.69, 9.17) is 4.74 Å². The maximum absolute atomic E-state index is 11.3. The van der Waals surface area contributed by atoms with Crippen molar-refractivity contribution in [3.8, 4) is 0 Å². The minimum absolute atomic E-state index is 0.0880. The molecule has 126 valence electrons. The third kappa shape index (κ3) is 4.84. The Kier molecular flexibility index (Phi) is 5.91. The number of ether oxygens (including phenoxy) is 1. The minimum atomic E-state index is 0.0880. The summed E-state index contributed by atoms with van der Waals surface area (Å²) in [6, 6.07) is 16.2. The molecule has 1 aliphatic heterocycles. The average molecular weight is 342 g/mol. The predicted octanol–water partition coefficient (Wildman–Crippen LogP) is 3.84. The molecule has 1 N–H and O–H groups in total. The first kappa shape index (κ1) is 17.0. The smallest absolute Gasteiger partial charge is 0.159 e. The summed E-state index contributed by atoms with van der Waals surface area (Å²) >= 11 is 1.57. The van der Waals surface area contributed by atoms with Gasteiger partial charge < -0.3 is 9.46 Å². The van der Waals surface area contributed by atoms with Gasteiger partial charge in [-0.05, 0) is 60.8 Å². The molecule has 0 spiro atoms. The second kappa shape index (κ2) is 8.33. The highest BCUT2D eigenvalue weighted by Crippen LogP contribution is 2.22. The normalized spacial score (nSPS) is 15.2. The van der Waals surface area contributed by atoms with Gasteiger partial charge in [-0.15, -0.1) is 0 Å². The van der Waals surface area contributed by atoms with Gasteiger partial charge in [0.25, 0.3) is 0 Å². The summed E-state index contributed by atoms with van der Waals surface area (Å²) in [4.78, 5) is 14.9. The molecule has 4 nitrogen and oxygen atoms in total. The monoisotopic (exact) mass is 342 g/mol. The summed E-state index contributed by atoms with van der Waals surface area (Å²) in [6.07, 6.45) is 0. The summed E-state index contributed by atoms with van der Waals surface area (Å²) in [7, 11) is 0. The SMILES string of the molecule is CC(=O)c1ccc(NSc2ccc(CN3CCOCC3)cc2)cc1. The highest BCUT2D eigenvalue weighted by atomic mass is 32.2. The number of Topliss-reactive ketones (excluding diaryl/α,β-unsaturated/α-hetero) is 1.